The molecule has 6 heteroatoms. The molecule has 0 aliphatic carbocycles. The number of nitrogens with zero attached hydrogens (tertiary/aromatic N) is 2. The Morgan fingerprint density at radius 3 is 2.39 bits per heavy atom. The van der Waals surface area contributed by atoms with E-state index in [9.17, 15) is 9.18 Å². The molecule has 1 aromatic carbocycles. The quantitative estimate of drug-likeness (QED) is 0.750. The van der Waals surface area contributed by atoms with Crippen LogP contribution in [0.25, 0.3) is 0 Å². The largest absolute Gasteiger partial charge is 0.398 e. The van der Waals surface area contributed by atoms with E-state index in [0.29, 0.717) is 12.2 Å². The summed E-state index contributed by atoms with van der Waals surface area (Å²) in [4.78, 5) is 14.9. The smallest absolute Gasteiger partial charge is 0.250 e. The number of nitrogens with two attached hydrogens (primary N) is 2. The number of rotatable bonds is 5. The van der Waals surface area contributed by atoms with E-state index in [1.807, 2.05) is 19.0 Å². The molecule has 1 aromatic rings. The molecule has 18 heavy (non-hydrogen) atoms. The van der Waals surface area contributed by atoms with Crippen molar-refractivity contribution in [1.82, 2.24) is 4.90 Å². The molecule has 0 aliphatic heterocycles. The minimum Gasteiger partial charge on any atom is -0.398 e. The SMILES string of the molecule is CN(C)CCN(C)c1cc(C(N)=O)c(N)cc1F. The molecule has 1 rings (SSSR count). The van der Waals surface area contributed by atoms with Crippen LogP contribution in [0.5, 0.6) is 0 Å². The molecule has 0 spiro atoms. The first-order valence-electron chi connectivity index (χ1n) is 5.57. The average Bonchev–Trinajstić information content (AvgIpc) is 2.25. The number of primary amides is 1. The van der Waals surface area contributed by atoms with E-state index in [1.54, 1.807) is 11.9 Å². The third-order valence-electron chi connectivity index (χ3n) is 2.68. The maximum atomic E-state index is 13.8. The maximum Gasteiger partial charge on any atom is 0.250 e. The van der Waals surface area contributed by atoms with E-state index in [1.165, 1.54) is 6.07 Å². The summed E-state index contributed by atoms with van der Waals surface area (Å²) in [6.07, 6.45) is 0. The second-order valence-corrected chi connectivity index (χ2v) is 4.48. The Labute approximate surface area is 106 Å². The Balaban J connectivity index is 3.01. The summed E-state index contributed by atoms with van der Waals surface area (Å²) in [5, 5.41) is 0. The lowest BCUT2D eigenvalue weighted by Gasteiger charge is -2.22. The van der Waals surface area contributed by atoms with Crippen LogP contribution in [0.1, 0.15) is 10.4 Å². The van der Waals surface area contributed by atoms with E-state index in [0.717, 1.165) is 12.6 Å². The first-order chi connectivity index (χ1) is 8.32. The van der Waals surface area contributed by atoms with Crippen LogP contribution in [0, 0.1) is 5.82 Å². The summed E-state index contributed by atoms with van der Waals surface area (Å²) in [5.74, 6) is -1.12. The maximum absolute atomic E-state index is 13.8. The summed E-state index contributed by atoms with van der Waals surface area (Å²) in [5.41, 5.74) is 11.3. The molecule has 100 valence electrons. The Morgan fingerprint density at radius 1 is 1.28 bits per heavy atom. The fraction of sp³-hybridized carbons (Fsp3) is 0.417. The number of carbonyl (C=O) groups excluding carboxylic acids is 1. The highest BCUT2D eigenvalue weighted by Crippen LogP contribution is 2.24. The van der Waals surface area contributed by atoms with Crippen molar-refractivity contribution in [1.29, 1.82) is 0 Å². The predicted octanol–water partition coefficient (Wildman–Crippen LogP) is 0.505. The molecule has 0 saturated carbocycles. The number of likely N-dealkylation sites (N-methyl/N-ethyl adjacent to an activating group) is 2. The van der Waals surface area contributed by atoms with Gasteiger partial charge in [0.1, 0.15) is 5.82 Å². The van der Waals surface area contributed by atoms with Crippen molar-refractivity contribution in [3.63, 3.8) is 0 Å². The first kappa shape index (κ1) is 14.2. The molecule has 0 aromatic heterocycles. The first-order valence-corrected chi connectivity index (χ1v) is 5.57. The van der Waals surface area contributed by atoms with Crippen molar-refractivity contribution in [3.8, 4) is 0 Å². The third-order valence-corrected chi connectivity index (χ3v) is 2.68. The molecule has 5 nitrogen and oxygen atoms in total. The van der Waals surface area contributed by atoms with Crippen molar-refractivity contribution in [3.05, 3.63) is 23.5 Å². The van der Waals surface area contributed by atoms with Gasteiger partial charge < -0.3 is 21.3 Å². The molecule has 0 atom stereocenters. The van der Waals surface area contributed by atoms with E-state index >= 15 is 0 Å². The molecule has 4 N–H and O–H groups in total. The van der Waals surface area contributed by atoms with Gasteiger partial charge in [-0.2, -0.15) is 0 Å². The molecule has 0 unspecified atom stereocenters. The summed E-state index contributed by atoms with van der Waals surface area (Å²) < 4.78 is 13.8. The van der Waals surface area contributed by atoms with E-state index in [4.69, 9.17) is 11.5 Å². The number of amides is 1. The lowest BCUT2D eigenvalue weighted by atomic mass is 10.1. The number of benzene rings is 1. The summed E-state index contributed by atoms with van der Waals surface area (Å²) >= 11 is 0. The number of hydrogen-bond acceptors (Lipinski definition) is 4. The van der Waals surface area contributed by atoms with Gasteiger partial charge in [0.05, 0.1) is 11.3 Å². The molecule has 0 saturated heterocycles. The third kappa shape index (κ3) is 3.33. The minimum atomic E-state index is -0.658. The van der Waals surface area contributed by atoms with Gasteiger partial charge in [0.2, 0.25) is 0 Å². The normalized spacial score (nSPS) is 10.7. The monoisotopic (exact) mass is 254 g/mol. The van der Waals surface area contributed by atoms with Crippen LogP contribution < -0.4 is 16.4 Å². The van der Waals surface area contributed by atoms with Crippen LogP contribution in [0.3, 0.4) is 0 Å². The number of carbonyl (C=O) groups is 1. The van der Waals surface area contributed by atoms with Crippen LogP contribution in [0.2, 0.25) is 0 Å². The molecular weight excluding hydrogens is 235 g/mol. The highest BCUT2D eigenvalue weighted by molar-refractivity contribution is 5.99. The zero-order valence-corrected chi connectivity index (χ0v) is 10.9. The molecule has 0 heterocycles. The standard InChI is InChI=1S/C12H19FN4O/c1-16(2)4-5-17(3)11-6-8(12(15)18)10(14)7-9(11)13/h6-7H,4-5,14H2,1-3H3,(H2,15,18). The van der Waals surface area contributed by atoms with E-state index in [2.05, 4.69) is 0 Å². The molecule has 1 amide bonds. The Morgan fingerprint density at radius 2 is 1.89 bits per heavy atom. The second kappa shape index (κ2) is 5.68. The average molecular weight is 254 g/mol. The zero-order chi connectivity index (χ0) is 13.9. The van der Waals surface area contributed by atoms with Gasteiger partial charge in [-0.3, -0.25) is 4.79 Å². The van der Waals surface area contributed by atoms with Crippen molar-refractivity contribution < 1.29 is 9.18 Å². The van der Waals surface area contributed by atoms with Crippen molar-refractivity contribution in [2.75, 3.05) is 44.9 Å². The van der Waals surface area contributed by atoms with Gasteiger partial charge in [-0.05, 0) is 26.2 Å². The fourth-order valence-electron chi connectivity index (χ4n) is 1.55. The Hall–Kier alpha value is -1.82. The molecule has 0 aliphatic rings. The highest BCUT2D eigenvalue weighted by Gasteiger charge is 2.14. The predicted molar refractivity (Wildman–Crippen MR) is 71.2 cm³/mol. The Bertz CT molecular complexity index is 448. The number of halogens is 1. The van der Waals surface area contributed by atoms with Gasteiger partial charge in [0.15, 0.2) is 0 Å². The van der Waals surface area contributed by atoms with Gasteiger partial charge in [-0.15, -0.1) is 0 Å². The van der Waals surface area contributed by atoms with Crippen LogP contribution in [-0.4, -0.2) is 45.0 Å². The van der Waals surface area contributed by atoms with Gasteiger partial charge in [-0.25, -0.2) is 4.39 Å². The fourth-order valence-corrected chi connectivity index (χ4v) is 1.55. The molecule has 0 bridgehead atoms. The molecule has 0 radical (unpaired) electrons. The van der Waals surface area contributed by atoms with Crippen LogP contribution >= 0.6 is 0 Å². The Kier molecular flexibility index (Phi) is 4.49. The lowest BCUT2D eigenvalue weighted by Crippen LogP contribution is -2.29. The summed E-state index contributed by atoms with van der Waals surface area (Å²) in [6, 6.07) is 2.52. The summed E-state index contributed by atoms with van der Waals surface area (Å²) in [6.45, 7) is 1.40. The van der Waals surface area contributed by atoms with Crippen molar-refractivity contribution in [2.24, 2.45) is 5.73 Å². The van der Waals surface area contributed by atoms with Crippen LogP contribution in [-0.2, 0) is 0 Å². The van der Waals surface area contributed by atoms with E-state index in [-0.39, 0.29) is 11.3 Å². The highest BCUT2D eigenvalue weighted by atomic mass is 19.1. The van der Waals surface area contributed by atoms with Crippen LogP contribution in [0.4, 0.5) is 15.8 Å². The van der Waals surface area contributed by atoms with Gasteiger partial charge >= 0.3 is 0 Å². The van der Waals surface area contributed by atoms with Crippen LogP contribution in [0.15, 0.2) is 12.1 Å². The molecule has 0 fully saturated rings. The van der Waals surface area contributed by atoms with Crippen molar-refractivity contribution in [2.45, 2.75) is 0 Å². The topological polar surface area (TPSA) is 75.6 Å². The number of nitrogen functional groups attached to an aromatic ring is 1. The van der Waals surface area contributed by atoms with Crippen molar-refractivity contribution >= 4 is 17.3 Å². The zero-order valence-electron chi connectivity index (χ0n) is 10.9. The number of anilines is 2. The lowest BCUT2D eigenvalue weighted by molar-refractivity contribution is 0.100. The van der Waals surface area contributed by atoms with Gasteiger partial charge in [0, 0.05) is 25.8 Å². The minimum absolute atomic E-state index is 0.0600. The molecular formula is C12H19FN4O. The van der Waals surface area contributed by atoms with Gasteiger partial charge in [0.25, 0.3) is 5.91 Å². The summed E-state index contributed by atoms with van der Waals surface area (Å²) in [7, 11) is 5.62. The van der Waals surface area contributed by atoms with Gasteiger partial charge in [-0.1, -0.05) is 0 Å². The second-order valence-electron chi connectivity index (χ2n) is 4.48. The number of hydrogen-bond donors (Lipinski definition) is 2. The van der Waals surface area contributed by atoms with E-state index < -0.39 is 11.7 Å².